The number of halogens is 2. The molecule has 2 aliphatic heterocycles. The number of nitrogens with zero attached hydrogens (tertiary/aromatic N) is 6. The van der Waals surface area contributed by atoms with Crippen LogP contribution in [0.2, 0.25) is 0 Å². The van der Waals surface area contributed by atoms with E-state index in [1.807, 2.05) is 36.7 Å². The molecule has 8 rings (SSSR count). The van der Waals surface area contributed by atoms with Gasteiger partial charge in [0.05, 0.1) is 65.0 Å². The number of anilines is 4. The van der Waals surface area contributed by atoms with Gasteiger partial charge in [-0.2, -0.15) is 0 Å². The van der Waals surface area contributed by atoms with Crippen molar-refractivity contribution in [3.8, 4) is 11.5 Å². The molecule has 18 heteroatoms. The highest BCUT2D eigenvalue weighted by atomic mass is 79.9. The number of fused-ring (bicyclic) bond motifs is 4. The Morgan fingerprint density at radius 3 is 1.71 bits per heavy atom. The number of hydrogen-bond acceptors (Lipinski definition) is 13. The molecule has 2 aliphatic rings. The lowest BCUT2D eigenvalue weighted by atomic mass is 10.1. The van der Waals surface area contributed by atoms with E-state index in [9.17, 15) is 14.7 Å². The van der Waals surface area contributed by atoms with Crippen LogP contribution in [-0.4, -0.2) is 80.2 Å². The molecule has 0 saturated heterocycles. The van der Waals surface area contributed by atoms with Crippen LogP contribution < -0.4 is 20.1 Å². The van der Waals surface area contributed by atoms with Gasteiger partial charge in [0.2, 0.25) is 0 Å². The lowest BCUT2D eigenvalue weighted by molar-refractivity contribution is 0.0519. The summed E-state index contributed by atoms with van der Waals surface area (Å²) in [6.45, 7) is 3.32. The summed E-state index contributed by atoms with van der Waals surface area (Å²) in [6, 6.07) is 7.78. The Bertz CT molecular complexity index is 2460. The Kier molecular flexibility index (Phi) is 9.57. The summed E-state index contributed by atoms with van der Waals surface area (Å²) in [5.41, 5.74) is 6.94. The van der Waals surface area contributed by atoms with Crippen molar-refractivity contribution in [2.45, 2.75) is 20.0 Å². The zero-order valence-corrected chi connectivity index (χ0v) is 30.8. The fourth-order valence-electron chi connectivity index (χ4n) is 5.72. The topological polar surface area (TPSA) is 214 Å². The normalized spacial score (nSPS) is 12.3. The van der Waals surface area contributed by atoms with Crippen molar-refractivity contribution in [3.63, 3.8) is 0 Å². The van der Waals surface area contributed by atoms with E-state index in [1.165, 1.54) is 12.7 Å². The number of ether oxygens (including phenoxy) is 3. The van der Waals surface area contributed by atoms with Crippen LogP contribution in [0.3, 0.4) is 0 Å². The van der Waals surface area contributed by atoms with Crippen LogP contribution in [0.1, 0.15) is 50.2 Å². The molecular formula is C34H28Br2N10O6. The minimum Gasteiger partial charge on any atom is -0.495 e. The van der Waals surface area contributed by atoms with Gasteiger partial charge in [0.1, 0.15) is 58.5 Å². The monoisotopic (exact) mass is 830 g/mol. The van der Waals surface area contributed by atoms with E-state index >= 15 is 0 Å². The summed E-state index contributed by atoms with van der Waals surface area (Å²) in [7, 11) is 3.20. The largest absolute Gasteiger partial charge is 0.495 e. The fraction of sp³-hybridized carbons (Fsp3) is 0.176. The molecule has 0 aliphatic carbocycles. The molecule has 0 spiro atoms. The van der Waals surface area contributed by atoms with Crippen molar-refractivity contribution in [3.05, 3.63) is 79.5 Å². The molecule has 6 aromatic rings. The molecule has 6 heterocycles. The third kappa shape index (κ3) is 6.41. The van der Waals surface area contributed by atoms with Gasteiger partial charge in [0, 0.05) is 12.4 Å². The maximum atomic E-state index is 12.1. The van der Waals surface area contributed by atoms with Crippen molar-refractivity contribution in [1.29, 1.82) is 0 Å². The number of esters is 1. The van der Waals surface area contributed by atoms with Gasteiger partial charge in [-0.15, -0.1) is 0 Å². The van der Waals surface area contributed by atoms with Crippen LogP contribution in [0, 0.1) is 0 Å². The quantitative estimate of drug-likeness (QED) is 0.0965. The van der Waals surface area contributed by atoms with Crippen LogP contribution >= 0.6 is 31.9 Å². The molecule has 0 radical (unpaired) electrons. The molecule has 16 nitrogen and oxygen atoms in total. The maximum Gasteiger partial charge on any atom is 0.355 e. The maximum absolute atomic E-state index is 12.1. The summed E-state index contributed by atoms with van der Waals surface area (Å²) in [4.78, 5) is 54.6. The van der Waals surface area contributed by atoms with Gasteiger partial charge in [-0.25, -0.2) is 29.5 Å². The number of H-pyrrole nitrogens is 2. The second-order valence-corrected chi connectivity index (χ2v) is 12.8. The molecular weight excluding hydrogens is 804 g/mol. The number of aliphatic imine (C=N–C) groups is 2. The lowest BCUT2D eigenvalue weighted by Gasteiger charge is -2.13. The highest BCUT2D eigenvalue weighted by molar-refractivity contribution is 9.11. The molecule has 52 heavy (non-hydrogen) atoms. The van der Waals surface area contributed by atoms with E-state index in [0.717, 1.165) is 27.9 Å². The third-order valence-electron chi connectivity index (χ3n) is 8.17. The summed E-state index contributed by atoms with van der Waals surface area (Å²) < 4.78 is 17.0. The number of carboxylic acids is 1. The van der Waals surface area contributed by atoms with Crippen molar-refractivity contribution in [1.82, 2.24) is 29.9 Å². The van der Waals surface area contributed by atoms with E-state index in [1.54, 1.807) is 21.1 Å². The molecule has 0 bridgehead atoms. The van der Waals surface area contributed by atoms with Crippen LogP contribution in [0.15, 0.2) is 55.9 Å². The number of hydrogen-bond donors (Lipinski definition) is 5. The lowest BCUT2D eigenvalue weighted by Crippen LogP contribution is -2.05. The Morgan fingerprint density at radius 1 is 0.769 bits per heavy atom. The number of rotatable bonds is 9. The van der Waals surface area contributed by atoms with Gasteiger partial charge in [-0.3, -0.25) is 9.98 Å². The number of aromatic carboxylic acids is 1. The molecule has 0 atom stereocenters. The number of aromatic nitrogens is 6. The Hall–Kier alpha value is -5.88. The molecule has 5 N–H and O–H groups in total. The first kappa shape index (κ1) is 34.6. The number of carbonyl (C=O) groups excluding carboxylic acids is 1. The molecule has 4 aromatic heterocycles. The van der Waals surface area contributed by atoms with Gasteiger partial charge in [-0.05, 0) is 85.3 Å². The fourth-order valence-corrected chi connectivity index (χ4v) is 7.00. The second kappa shape index (κ2) is 14.4. The summed E-state index contributed by atoms with van der Waals surface area (Å²) in [5.74, 6) is 0.798. The van der Waals surface area contributed by atoms with Gasteiger partial charge in [0.25, 0.3) is 0 Å². The Balaban J connectivity index is 0.000000162. The smallest absolute Gasteiger partial charge is 0.355 e. The number of methoxy groups -OCH3 is 2. The van der Waals surface area contributed by atoms with Crippen molar-refractivity contribution in [2.75, 3.05) is 31.5 Å². The summed E-state index contributed by atoms with van der Waals surface area (Å²) in [5, 5.41) is 17.0. The van der Waals surface area contributed by atoms with Gasteiger partial charge in [-0.1, -0.05) is 0 Å². The molecule has 0 amide bonds. The summed E-state index contributed by atoms with van der Waals surface area (Å²) in [6.07, 6.45) is 6.43. The molecule has 0 unspecified atom stereocenters. The predicted molar refractivity (Wildman–Crippen MR) is 201 cm³/mol. The zero-order valence-electron chi connectivity index (χ0n) is 27.7. The number of carboxylic acid groups (broad SMARTS) is 1. The standard InChI is InChI=1S/C18H16BrN5O3.C16H12BrN5O3/c1-3-27-18(25)15-14(19)13-16(21-8-22-17(13)24-15)23-11-4-9-6-20-7-10(9)5-12(11)26-2;1-25-10-3-8-5-18-4-7(8)2-9(10)21-14-11-12(17)13(16(23)24)22-15(11)20-6-19-14/h4-6,8H,3,7H2,1-2H3,(H2,21,22,23,24);2-4,6H,5H2,1H3,(H,23,24)(H2,19,20,21,22). The molecule has 0 fully saturated rings. The van der Waals surface area contributed by atoms with E-state index in [0.29, 0.717) is 78.6 Å². The number of aromatic amines is 2. The first-order valence-corrected chi connectivity index (χ1v) is 17.2. The highest BCUT2D eigenvalue weighted by Gasteiger charge is 2.23. The summed E-state index contributed by atoms with van der Waals surface area (Å²) >= 11 is 6.78. The van der Waals surface area contributed by atoms with Crippen molar-refractivity contribution < 1.29 is 28.9 Å². The van der Waals surface area contributed by atoms with E-state index in [-0.39, 0.29) is 12.3 Å². The minimum absolute atomic E-state index is 0.0200. The van der Waals surface area contributed by atoms with Crippen molar-refractivity contribution >= 4 is 101 Å². The molecule has 0 saturated carbocycles. The van der Waals surface area contributed by atoms with E-state index < -0.39 is 11.9 Å². The number of nitrogens with one attached hydrogen (secondary N) is 4. The Morgan fingerprint density at radius 2 is 1.25 bits per heavy atom. The van der Waals surface area contributed by atoms with Crippen LogP contribution in [0.25, 0.3) is 22.1 Å². The predicted octanol–water partition coefficient (Wildman–Crippen LogP) is 6.69. The zero-order chi connectivity index (χ0) is 36.5. The Labute approximate surface area is 311 Å². The third-order valence-corrected chi connectivity index (χ3v) is 9.75. The van der Waals surface area contributed by atoms with Crippen LogP contribution in [0.4, 0.5) is 23.0 Å². The average Bonchev–Trinajstić information content (AvgIpc) is 3.94. The first-order chi connectivity index (χ1) is 25.2. The van der Waals surface area contributed by atoms with Gasteiger partial charge in [0.15, 0.2) is 0 Å². The van der Waals surface area contributed by atoms with E-state index in [2.05, 4.69) is 82.4 Å². The van der Waals surface area contributed by atoms with E-state index in [4.69, 9.17) is 14.2 Å². The van der Waals surface area contributed by atoms with Crippen molar-refractivity contribution in [2.24, 2.45) is 9.98 Å². The van der Waals surface area contributed by atoms with Gasteiger partial charge < -0.3 is 39.9 Å². The number of benzene rings is 2. The second-order valence-electron chi connectivity index (χ2n) is 11.2. The van der Waals surface area contributed by atoms with Crippen LogP contribution in [-0.2, 0) is 17.8 Å². The first-order valence-electron chi connectivity index (χ1n) is 15.6. The van der Waals surface area contributed by atoms with Crippen LogP contribution in [0.5, 0.6) is 11.5 Å². The van der Waals surface area contributed by atoms with Gasteiger partial charge >= 0.3 is 11.9 Å². The molecule has 2 aromatic carbocycles. The average molecular weight is 832 g/mol. The number of carbonyl (C=O) groups is 2. The minimum atomic E-state index is -1.08. The SMILES string of the molecule is CCOC(=O)c1[nH]c2ncnc(Nc3cc4c(cc3OC)CN=C4)c2c1Br.COc1cc2c(cc1Nc1ncnc3[nH]c(C(=O)O)c(Br)c13)C=NC2. The highest BCUT2D eigenvalue weighted by Crippen LogP contribution is 2.38. The molecule has 264 valence electrons.